The van der Waals surface area contributed by atoms with Gasteiger partial charge in [-0.1, -0.05) is 41.6 Å². The van der Waals surface area contributed by atoms with E-state index < -0.39 is 31.9 Å². The Morgan fingerprint density at radius 2 is 1.16 bits per heavy atom. The molecule has 23 heteroatoms. The third-order valence-electron chi connectivity index (χ3n) is 20.3. The van der Waals surface area contributed by atoms with E-state index in [1.165, 1.54) is 12.1 Å². The summed E-state index contributed by atoms with van der Waals surface area (Å²) in [4.78, 5) is 54.2. The molecule has 506 valence electrons. The number of carbonyl (C=O) groups is 3. The van der Waals surface area contributed by atoms with Crippen LogP contribution in [0.15, 0.2) is 186 Å². The van der Waals surface area contributed by atoms with Crippen molar-refractivity contribution >= 4 is 38.6 Å². The van der Waals surface area contributed by atoms with E-state index in [2.05, 4.69) is 43.5 Å². The maximum Gasteiger partial charge on any atom is 0.276 e. The van der Waals surface area contributed by atoms with Crippen LogP contribution in [0.4, 0.5) is 0 Å². The molecule has 11 heterocycles. The zero-order valence-corrected chi connectivity index (χ0v) is 57.0. The Balaban J connectivity index is 0.000000122. The topological polar surface area (TPSA) is 248 Å². The largest absolute Gasteiger partial charge is 0.497 e. The van der Waals surface area contributed by atoms with Crippen LogP contribution in [0.3, 0.4) is 0 Å². The quantitative estimate of drug-likeness (QED) is 0.144. The molecule has 0 atom stereocenters. The second-order valence-corrected chi connectivity index (χ2v) is 28.9. The predicted octanol–water partition coefficient (Wildman–Crippen LogP) is 12.2. The number of para-hydroxylation sites is 3. The van der Waals surface area contributed by atoms with Crippen LogP contribution in [0.25, 0.3) is 50.6 Å². The van der Waals surface area contributed by atoms with Crippen molar-refractivity contribution < 1.29 is 46.3 Å². The molecule has 6 aromatic carbocycles. The van der Waals surface area contributed by atoms with E-state index in [0.717, 1.165) is 84.7 Å². The molecule has 0 N–H and O–H groups in total. The van der Waals surface area contributed by atoms with E-state index in [0.29, 0.717) is 112 Å². The number of sulfone groups is 1. The monoisotopic (exact) mass is 1360 g/mol. The molecule has 3 amide bonds. The van der Waals surface area contributed by atoms with Gasteiger partial charge >= 0.3 is 0 Å². The maximum absolute atomic E-state index is 13.3. The molecule has 3 spiro atoms. The lowest BCUT2D eigenvalue weighted by atomic mass is 9.81. The van der Waals surface area contributed by atoms with Crippen LogP contribution in [0.5, 0.6) is 23.0 Å². The average molecular weight is 1360 g/mol. The summed E-state index contributed by atoms with van der Waals surface area (Å²) >= 11 is 0. The van der Waals surface area contributed by atoms with E-state index >= 15 is 0 Å². The lowest BCUT2D eigenvalue weighted by Crippen LogP contribution is -2.50. The summed E-state index contributed by atoms with van der Waals surface area (Å²) < 4.78 is 61.0. The Morgan fingerprint density at radius 1 is 0.600 bits per heavy atom. The van der Waals surface area contributed by atoms with E-state index in [-0.39, 0.29) is 22.6 Å². The standard InChI is InChI=1S/C27H27N3O4S.C26H24N4O4.C24H21N5O2/c1-18(2)35(32,33)22-8-5-20(6-9-22)26(31)29-14-12-27(13-15-29)25-11-7-21(17-28)30(25)23-10-4-19(3)16-24(23)34-27;1-29-24-19-5-3-4-6-22(19)33-26(20(24)16-27-29)11-13-30(14-12-26)25(31)21-15-23(34-28-21)17-7-9-18(32-2)10-8-17;1-28-22-16-5-2-3-8-20(16)31-24(18(22)15-27-28)9-13-29(14-10-24)23(30)17-6-4-7-19-21(17)26-12-11-25-19/h4-11,16,18H,12-15H2,1-3H3;3-10,15-16H,11-14H2,1-2H3;2-8,11-12,15H,9-10,13-14H2,1H3. The number of rotatable bonds is 7. The van der Waals surface area contributed by atoms with Crippen LogP contribution < -0.4 is 18.9 Å². The Bertz CT molecular complexity index is 5150. The molecular weight excluding hydrogens is 1280 g/mol. The number of nitrogens with zero attached hydrogens (tertiary/aromatic N) is 12. The molecule has 0 aliphatic carbocycles. The number of likely N-dealkylation sites (tertiary alicyclic amines) is 3. The van der Waals surface area contributed by atoms with Gasteiger partial charge in [-0.2, -0.15) is 15.5 Å². The van der Waals surface area contributed by atoms with Gasteiger partial charge in [-0.25, -0.2) is 8.42 Å². The molecule has 3 fully saturated rings. The second-order valence-electron chi connectivity index (χ2n) is 26.4. The molecule has 11 aromatic rings. The lowest BCUT2D eigenvalue weighted by molar-refractivity contribution is -0.00947. The average Bonchev–Trinajstić information content (AvgIpc) is 1.47. The number of nitriles is 1. The molecule has 5 aromatic heterocycles. The number of aryl methyl sites for hydroxylation is 3. The molecule has 0 radical (unpaired) electrons. The number of piperidine rings is 3. The molecular formula is C77H72N12O10S. The fourth-order valence-electron chi connectivity index (χ4n) is 14.8. The summed E-state index contributed by atoms with van der Waals surface area (Å²) in [6.07, 6.45) is 11.0. The van der Waals surface area contributed by atoms with Gasteiger partial charge in [0.2, 0.25) is 0 Å². The van der Waals surface area contributed by atoms with Gasteiger partial charge in [0.05, 0.1) is 63.5 Å². The maximum atomic E-state index is 13.3. The van der Waals surface area contributed by atoms with Gasteiger partial charge in [0, 0.05) is 144 Å². The summed E-state index contributed by atoms with van der Waals surface area (Å²) in [5.74, 6) is 3.50. The zero-order chi connectivity index (χ0) is 69.2. The Kier molecular flexibility index (Phi) is 16.5. The SMILES string of the molecule is COc1ccc(-c2cc(C(=O)N3CCC4(CC3)Oc3ccccc3-c3c4cnn3C)no2)cc1.Cc1ccc2c(c1)OC1(CCN(C(=O)c3ccc(S(=O)(=O)C(C)C)cc3)CC1)c1ccc(C#N)n1-2.Cn1ncc2c1-c1ccccc1OC21CCN(C(=O)c2cccc3nccnc23)CC1. The van der Waals surface area contributed by atoms with Gasteiger partial charge in [0.15, 0.2) is 26.9 Å². The first-order valence-corrected chi connectivity index (χ1v) is 35.0. The highest BCUT2D eigenvalue weighted by Gasteiger charge is 2.49. The van der Waals surface area contributed by atoms with Gasteiger partial charge in [0.25, 0.3) is 17.7 Å². The van der Waals surface area contributed by atoms with Gasteiger partial charge < -0.3 is 38.2 Å². The van der Waals surface area contributed by atoms with Crippen molar-refractivity contribution in [2.75, 3.05) is 46.4 Å². The minimum absolute atomic E-state index is 0.0106. The van der Waals surface area contributed by atoms with Crippen LogP contribution in [0, 0.1) is 18.3 Å². The first kappa shape index (κ1) is 64.6. The minimum Gasteiger partial charge on any atom is -0.497 e. The van der Waals surface area contributed by atoms with Crippen molar-refractivity contribution in [2.45, 2.75) is 86.2 Å². The molecule has 100 heavy (non-hydrogen) atoms. The van der Waals surface area contributed by atoms with Crippen molar-refractivity contribution in [2.24, 2.45) is 14.1 Å². The predicted molar refractivity (Wildman–Crippen MR) is 372 cm³/mol. The second kappa shape index (κ2) is 25.5. The summed E-state index contributed by atoms with van der Waals surface area (Å²) in [5, 5.41) is 22.2. The van der Waals surface area contributed by atoms with Crippen LogP contribution in [0.1, 0.15) is 112 Å². The van der Waals surface area contributed by atoms with Crippen molar-refractivity contribution in [3.8, 4) is 68.6 Å². The van der Waals surface area contributed by atoms with Crippen LogP contribution in [-0.4, -0.2) is 132 Å². The Hall–Kier alpha value is -11.4. The molecule has 0 bridgehead atoms. The highest BCUT2D eigenvalue weighted by atomic mass is 32.2. The van der Waals surface area contributed by atoms with Crippen LogP contribution >= 0.6 is 0 Å². The van der Waals surface area contributed by atoms with Gasteiger partial charge in [0.1, 0.15) is 51.5 Å². The van der Waals surface area contributed by atoms with Gasteiger partial charge in [-0.3, -0.25) is 38.3 Å². The van der Waals surface area contributed by atoms with Crippen molar-refractivity contribution in [1.82, 2.24) is 54.0 Å². The Labute approximate surface area is 577 Å². The molecule has 3 saturated heterocycles. The molecule has 6 aliphatic rings. The van der Waals surface area contributed by atoms with Crippen LogP contribution in [0.2, 0.25) is 0 Å². The Morgan fingerprint density at radius 3 is 1.75 bits per heavy atom. The number of ether oxygens (including phenoxy) is 4. The highest BCUT2D eigenvalue weighted by Crippen LogP contribution is 2.52. The number of hydrogen-bond acceptors (Lipinski definition) is 16. The number of fused-ring (bicyclic) bond motifs is 13. The molecule has 0 saturated carbocycles. The van der Waals surface area contributed by atoms with Gasteiger partial charge in [-0.15, -0.1) is 0 Å². The normalized spacial score (nSPS) is 16.3. The summed E-state index contributed by atoms with van der Waals surface area (Å²) in [7, 11) is 2.16. The molecule has 0 unspecified atom stereocenters. The smallest absolute Gasteiger partial charge is 0.276 e. The van der Waals surface area contributed by atoms with Crippen LogP contribution in [-0.2, 0) is 40.7 Å². The number of hydrogen-bond donors (Lipinski definition) is 0. The van der Waals surface area contributed by atoms with E-state index in [1.807, 2.05) is 166 Å². The zero-order valence-electron chi connectivity index (χ0n) is 56.2. The third kappa shape index (κ3) is 11.2. The number of methoxy groups -OCH3 is 1. The molecule has 22 nitrogen and oxygen atoms in total. The van der Waals surface area contributed by atoms with E-state index in [4.69, 9.17) is 23.5 Å². The van der Waals surface area contributed by atoms with E-state index in [9.17, 15) is 28.1 Å². The number of aromatic nitrogens is 8. The number of benzene rings is 6. The molecule has 6 aliphatic heterocycles. The molecule has 17 rings (SSSR count). The van der Waals surface area contributed by atoms with Crippen molar-refractivity contribution in [3.05, 3.63) is 221 Å². The van der Waals surface area contributed by atoms with Crippen molar-refractivity contribution in [3.63, 3.8) is 0 Å². The van der Waals surface area contributed by atoms with Gasteiger partial charge in [-0.05, 0) is 136 Å². The highest BCUT2D eigenvalue weighted by molar-refractivity contribution is 7.92. The number of amides is 3. The van der Waals surface area contributed by atoms with Crippen molar-refractivity contribution in [1.29, 1.82) is 5.26 Å². The lowest BCUT2D eigenvalue weighted by Gasteiger charge is -2.45. The van der Waals surface area contributed by atoms with E-state index in [1.54, 1.807) is 56.4 Å². The summed E-state index contributed by atoms with van der Waals surface area (Å²) in [6, 6.07) is 49.1. The first-order valence-electron chi connectivity index (χ1n) is 33.5. The summed E-state index contributed by atoms with van der Waals surface area (Å²) in [6.45, 7) is 8.57. The fraction of sp³-hybridized carbons (Fsp3) is 0.286. The fourth-order valence-corrected chi connectivity index (χ4v) is 15.9. The summed E-state index contributed by atoms with van der Waals surface area (Å²) in [5.41, 5.74) is 11.9. The first-order chi connectivity index (χ1) is 48.4. The third-order valence-corrected chi connectivity index (χ3v) is 22.5. The minimum atomic E-state index is -3.39. The number of carbonyl (C=O) groups excluding carboxylic acids is 3.